The van der Waals surface area contributed by atoms with Crippen LogP contribution in [-0.4, -0.2) is 18.6 Å². The Labute approximate surface area is 126 Å². The standard InChI is InChI=1S/C17H24N2O2/c1-6-7-19-17(14-8-15(20-5)10-18-9-14)16-11(2)12(3)21-13(16)4/h8-10,17,19H,6-7H2,1-5H3. The van der Waals surface area contributed by atoms with Gasteiger partial charge in [-0.05, 0) is 50.9 Å². The molecule has 21 heavy (non-hydrogen) atoms. The third-order valence-electron chi connectivity index (χ3n) is 3.81. The van der Waals surface area contributed by atoms with Crippen molar-refractivity contribution < 1.29 is 9.15 Å². The molecule has 0 radical (unpaired) electrons. The van der Waals surface area contributed by atoms with Crippen LogP contribution in [0.5, 0.6) is 5.75 Å². The highest BCUT2D eigenvalue weighted by Gasteiger charge is 2.22. The molecule has 0 spiro atoms. The second-order valence-corrected chi connectivity index (χ2v) is 5.30. The van der Waals surface area contributed by atoms with Gasteiger partial charge in [-0.15, -0.1) is 0 Å². The Morgan fingerprint density at radius 1 is 1.24 bits per heavy atom. The van der Waals surface area contributed by atoms with Crippen LogP contribution in [0.3, 0.4) is 0 Å². The fraction of sp³-hybridized carbons (Fsp3) is 0.471. The number of hydrogen-bond donors (Lipinski definition) is 1. The molecule has 0 amide bonds. The summed E-state index contributed by atoms with van der Waals surface area (Å²) in [5, 5.41) is 3.59. The molecule has 2 heterocycles. The van der Waals surface area contributed by atoms with Crippen LogP contribution in [0.4, 0.5) is 0 Å². The maximum absolute atomic E-state index is 5.79. The number of hydrogen-bond acceptors (Lipinski definition) is 4. The Morgan fingerprint density at radius 2 is 2.00 bits per heavy atom. The second kappa shape index (κ2) is 6.76. The molecule has 4 heteroatoms. The minimum atomic E-state index is 0.0741. The van der Waals surface area contributed by atoms with E-state index in [9.17, 15) is 0 Å². The van der Waals surface area contributed by atoms with Crippen molar-refractivity contribution in [3.8, 4) is 5.75 Å². The lowest BCUT2D eigenvalue weighted by molar-refractivity contribution is 0.411. The maximum atomic E-state index is 5.79. The number of pyridine rings is 1. The summed E-state index contributed by atoms with van der Waals surface area (Å²) in [6.07, 6.45) is 4.68. The first-order valence-corrected chi connectivity index (χ1v) is 7.37. The van der Waals surface area contributed by atoms with Crippen LogP contribution < -0.4 is 10.1 Å². The topological polar surface area (TPSA) is 47.3 Å². The van der Waals surface area contributed by atoms with E-state index >= 15 is 0 Å². The van der Waals surface area contributed by atoms with Gasteiger partial charge in [-0.25, -0.2) is 0 Å². The molecule has 1 N–H and O–H groups in total. The predicted molar refractivity (Wildman–Crippen MR) is 83.8 cm³/mol. The van der Waals surface area contributed by atoms with E-state index in [1.54, 1.807) is 13.3 Å². The van der Waals surface area contributed by atoms with Crippen LogP contribution >= 0.6 is 0 Å². The van der Waals surface area contributed by atoms with Gasteiger partial charge < -0.3 is 14.5 Å². The zero-order valence-corrected chi connectivity index (χ0v) is 13.5. The van der Waals surface area contributed by atoms with Crippen molar-refractivity contribution >= 4 is 0 Å². The first kappa shape index (κ1) is 15.6. The van der Waals surface area contributed by atoms with E-state index in [1.807, 2.05) is 26.1 Å². The minimum absolute atomic E-state index is 0.0741. The number of aryl methyl sites for hydroxylation is 2. The molecule has 0 aliphatic carbocycles. The number of ether oxygens (including phenoxy) is 1. The molecule has 2 aromatic rings. The number of methoxy groups -OCH3 is 1. The van der Waals surface area contributed by atoms with Crippen LogP contribution in [0.25, 0.3) is 0 Å². The lowest BCUT2D eigenvalue weighted by atomic mass is 9.96. The van der Waals surface area contributed by atoms with Crippen molar-refractivity contribution in [3.05, 3.63) is 46.7 Å². The van der Waals surface area contributed by atoms with Gasteiger partial charge in [0.05, 0.1) is 19.3 Å². The molecule has 0 fully saturated rings. The molecule has 0 bridgehead atoms. The monoisotopic (exact) mass is 288 g/mol. The molecule has 1 atom stereocenters. The fourth-order valence-corrected chi connectivity index (χ4v) is 2.61. The van der Waals surface area contributed by atoms with Gasteiger partial charge >= 0.3 is 0 Å². The number of aromatic nitrogens is 1. The Kier molecular flexibility index (Phi) is 5.02. The highest BCUT2D eigenvalue weighted by molar-refractivity contribution is 5.41. The first-order valence-electron chi connectivity index (χ1n) is 7.37. The summed E-state index contributed by atoms with van der Waals surface area (Å²) >= 11 is 0. The van der Waals surface area contributed by atoms with E-state index in [-0.39, 0.29) is 6.04 Å². The van der Waals surface area contributed by atoms with Gasteiger partial charge in [-0.1, -0.05) is 6.92 Å². The predicted octanol–water partition coefficient (Wildman–Crippen LogP) is 3.70. The van der Waals surface area contributed by atoms with E-state index in [2.05, 4.69) is 24.1 Å². The Bertz CT molecular complexity index is 605. The summed E-state index contributed by atoms with van der Waals surface area (Å²) in [4.78, 5) is 4.28. The summed E-state index contributed by atoms with van der Waals surface area (Å²) in [6.45, 7) is 9.23. The molecule has 2 aromatic heterocycles. The van der Waals surface area contributed by atoms with Crippen molar-refractivity contribution in [2.45, 2.75) is 40.2 Å². The molecule has 0 saturated heterocycles. The second-order valence-electron chi connectivity index (χ2n) is 5.30. The number of furan rings is 1. The Balaban J connectivity index is 2.46. The van der Waals surface area contributed by atoms with Crippen molar-refractivity contribution in [2.24, 2.45) is 0 Å². The van der Waals surface area contributed by atoms with Gasteiger partial charge in [0.25, 0.3) is 0 Å². The zero-order chi connectivity index (χ0) is 15.4. The van der Waals surface area contributed by atoms with Crippen LogP contribution in [-0.2, 0) is 0 Å². The average molecular weight is 288 g/mol. The van der Waals surface area contributed by atoms with Crippen LogP contribution in [0.1, 0.15) is 47.6 Å². The lowest BCUT2D eigenvalue weighted by Crippen LogP contribution is -2.24. The first-order chi connectivity index (χ1) is 10.1. The van der Waals surface area contributed by atoms with E-state index in [1.165, 1.54) is 11.1 Å². The molecule has 0 saturated carbocycles. The third-order valence-corrected chi connectivity index (χ3v) is 3.81. The summed E-state index contributed by atoms with van der Waals surface area (Å²) in [5.74, 6) is 2.70. The molecule has 0 aromatic carbocycles. The highest BCUT2D eigenvalue weighted by Crippen LogP contribution is 2.32. The number of nitrogens with one attached hydrogen (secondary N) is 1. The van der Waals surface area contributed by atoms with Gasteiger partial charge in [0.15, 0.2) is 0 Å². The zero-order valence-electron chi connectivity index (χ0n) is 13.5. The summed E-state index contributed by atoms with van der Waals surface area (Å²) < 4.78 is 11.1. The number of rotatable bonds is 6. The average Bonchev–Trinajstić information content (AvgIpc) is 2.74. The smallest absolute Gasteiger partial charge is 0.137 e. The summed E-state index contributed by atoms with van der Waals surface area (Å²) in [5.41, 5.74) is 3.50. The van der Waals surface area contributed by atoms with E-state index in [0.29, 0.717) is 0 Å². The molecule has 2 rings (SSSR count). The largest absolute Gasteiger partial charge is 0.495 e. The van der Waals surface area contributed by atoms with Gasteiger partial charge in [0.1, 0.15) is 17.3 Å². The molecule has 4 nitrogen and oxygen atoms in total. The van der Waals surface area contributed by atoms with Gasteiger partial charge in [-0.3, -0.25) is 4.98 Å². The molecular formula is C17H24N2O2. The van der Waals surface area contributed by atoms with Gasteiger partial charge in [0, 0.05) is 11.8 Å². The normalized spacial score (nSPS) is 12.4. The molecular weight excluding hydrogens is 264 g/mol. The molecule has 0 aliphatic heterocycles. The lowest BCUT2D eigenvalue weighted by Gasteiger charge is -2.20. The molecule has 114 valence electrons. The molecule has 0 aliphatic rings. The van der Waals surface area contributed by atoms with E-state index in [0.717, 1.165) is 35.8 Å². The number of nitrogens with zero attached hydrogens (tertiary/aromatic N) is 1. The van der Waals surface area contributed by atoms with E-state index in [4.69, 9.17) is 9.15 Å². The fourth-order valence-electron chi connectivity index (χ4n) is 2.61. The third kappa shape index (κ3) is 3.27. The van der Waals surface area contributed by atoms with Gasteiger partial charge in [0.2, 0.25) is 0 Å². The van der Waals surface area contributed by atoms with Crippen molar-refractivity contribution in [1.29, 1.82) is 0 Å². The quantitative estimate of drug-likeness (QED) is 0.880. The Morgan fingerprint density at radius 3 is 2.57 bits per heavy atom. The maximum Gasteiger partial charge on any atom is 0.137 e. The summed E-state index contributed by atoms with van der Waals surface area (Å²) in [6, 6.07) is 2.10. The SMILES string of the molecule is CCCNC(c1cncc(OC)c1)c1c(C)oc(C)c1C. The van der Waals surface area contributed by atoms with Crippen LogP contribution in [0.2, 0.25) is 0 Å². The molecule has 1 unspecified atom stereocenters. The Hall–Kier alpha value is -1.81. The van der Waals surface area contributed by atoms with Crippen LogP contribution in [0, 0.1) is 20.8 Å². The summed E-state index contributed by atoms with van der Waals surface area (Å²) in [7, 11) is 1.66. The minimum Gasteiger partial charge on any atom is -0.495 e. The van der Waals surface area contributed by atoms with Crippen molar-refractivity contribution in [2.75, 3.05) is 13.7 Å². The van der Waals surface area contributed by atoms with Crippen molar-refractivity contribution in [3.63, 3.8) is 0 Å². The highest BCUT2D eigenvalue weighted by atomic mass is 16.5. The van der Waals surface area contributed by atoms with Gasteiger partial charge in [-0.2, -0.15) is 0 Å². The van der Waals surface area contributed by atoms with Crippen molar-refractivity contribution in [1.82, 2.24) is 10.3 Å². The van der Waals surface area contributed by atoms with Crippen LogP contribution in [0.15, 0.2) is 22.9 Å². The van der Waals surface area contributed by atoms with E-state index < -0.39 is 0 Å².